The van der Waals surface area contributed by atoms with E-state index >= 15 is 0 Å². The van der Waals surface area contributed by atoms with Crippen molar-refractivity contribution in [3.63, 3.8) is 0 Å². The molecule has 130 valence electrons. The Morgan fingerprint density at radius 3 is 2.71 bits per heavy atom. The molecule has 2 aliphatic heterocycles. The SMILES string of the molecule is CCC(=O)N1CCCC[C@@H]1C(=O)N1CCN(C)c2ccccc2C1. The number of hydrogen-bond donors (Lipinski definition) is 0. The summed E-state index contributed by atoms with van der Waals surface area (Å²) < 4.78 is 0. The summed E-state index contributed by atoms with van der Waals surface area (Å²) in [7, 11) is 2.07. The number of piperidine rings is 1. The maximum Gasteiger partial charge on any atom is 0.245 e. The first-order valence-corrected chi connectivity index (χ1v) is 8.99. The van der Waals surface area contributed by atoms with Gasteiger partial charge in [-0.1, -0.05) is 25.1 Å². The van der Waals surface area contributed by atoms with Crippen LogP contribution in [0, 0.1) is 0 Å². The van der Waals surface area contributed by atoms with Crippen LogP contribution in [0.2, 0.25) is 0 Å². The van der Waals surface area contributed by atoms with E-state index < -0.39 is 0 Å². The van der Waals surface area contributed by atoms with Crippen LogP contribution in [0.3, 0.4) is 0 Å². The van der Waals surface area contributed by atoms with Crippen LogP contribution in [0.25, 0.3) is 0 Å². The maximum absolute atomic E-state index is 13.2. The van der Waals surface area contributed by atoms with Gasteiger partial charge in [-0.2, -0.15) is 0 Å². The highest BCUT2D eigenvalue weighted by atomic mass is 16.2. The van der Waals surface area contributed by atoms with E-state index in [-0.39, 0.29) is 17.9 Å². The minimum Gasteiger partial charge on any atom is -0.373 e. The fourth-order valence-electron chi connectivity index (χ4n) is 3.78. The predicted molar refractivity (Wildman–Crippen MR) is 94.8 cm³/mol. The van der Waals surface area contributed by atoms with Crippen LogP contribution in [0.5, 0.6) is 0 Å². The van der Waals surface area contributed by atoms with Crippen molar-refractivity contribution in [2.45, 2.75) is 45.2 Å². The molecule has 1 fully saturated rings. The second kappa shape index (κ2) is 7.24. The lowest BCUT2D eigenvalue weighted by molar-refractivity contribution is -0.147. The van der Waals surface area contributed by atoms with Crippen molar-refractivity contribution in [2.24, 2.45) is 0 Å². The zero-order chi connectivity index (χ0) is 17.1. The van der Waals surface area contributed by atoms with Gasteiger partial charge in [-0.3, -0.25) is 9.59 Å². The van der Waals surface area contributed by atoms with Crippen LogP contribution in [0.4, 0.5) is 5.69 Å². The number of fused-ring (bicyclic) bond motifs is 1. The fourth-order valence-corrected chi connectivity index (χ4v) is 3.78. The number of para-hydroxylation sites is 1. The first-order chi connectivity index (χ1) is 11.6. The Morgan fingerprint density at radius 1 is 1.12 bits per heavy atom. The van der Waals surface area contributed by atoms with Crippen molar-refractivity contribution in [1.82, 2.24) is 9.80 Å². The van der Waals surface area contributed by atoms with Gasteiger partial charge in [0.05, 0.1) is 0 Å². The standard InChI is InChI=1S/C19H27N3O2/c1-3-18(23)22-11-7-6-10-17(22)19(24)21-13-12-20(2)16-9-5-4-8-15(16)14-21/h4-5,8-9,17H,3,6-7,10-14H2,1-2H3/t17-/m1/s1. The van der Waals surface area contributed by atoms with Crippen LogP contribution in [0.15, 0.2) is 24.3 Å². The molecule has 2 amide bonds. The van der Waals surface area contributed by atoms with E-state index in [0.717, 1.165) is 25.8 Å². The van der Waals surface area contributed by atoms with E-state index in [2.05, 4.69) is 24.1 Å². The average molecular weight is 329 g/mol. The molecule has 5 nitrogen and oxygen atoms in total. The van der Waals surface area contributed by atoms with Crippen LogP contribution >= 0.6 is 0 Å². The molecule has 0 bridgehead atoms. The van der Waals surface area contributed by atoms with Gasteiger partial charge in [0.1, 0.15) is 6.04 Å². The van der Waals surface area contributed by atoms with Crippen molar-refractivity contribution in [1.29, 1.82) is 0 Å². The summed E-state index contributed by atoms with van der Waals surface area (Å²) >= 11 is 0. The lowest BCUT2D eigenvalue weighted by Crippen LogP contribution is -2.53. The molecular formula is C19H27N3O2. The van der Waals surface area contributed by atoms with Crippen molar-refractivity contribution >= 4 is 17.5 Å². The van der Waals surface area contributed by atoms with Crippen LogP contribution < -0.4 is 4.90 Å². The first kappa shape index (κ1) is 16.8. The molecule has 2 aliphatic rings. The molecular weight excluding hydrogens is 302 g/mol. The van der Waals surface area contributed by atoms with Gasteiger partial charge in [-0.25, -0.2) is 0 Å². The topological polar surface area (TPSA) is 43.9 Å². The predicted octanol–water partition coefficient (Wildman–Crippen LogP) is 2.26. The molecule has 0 spiro atoms. The summed E-state index contributed by atoms with van der Waals surface area (Å²) in [5, 5.41) is 0. The highest BCUT2D eigenvalue weighted by Crippen LogP contribution is 2.26. The Bertz CT molecular complexity index is 616. The van der Waals surface area contributed by atoms with Crippen molar-refractivity contribution in [3.8, 4) is 0 Å². The monoisotopic (exact) mass is 329 g/mol. The summed E-state index contributed by atoms with van der Waals surface area (Å²) in [5.74, 6) is 0.210. The third-order valence-electron chi connectivity index (χ3n) is 5.19. The molecule has 0 radical (unpaired) electrons. The number of benzene rings is 1. The van der Waals surface area contributed by atoms with E-state index in [4.69, 9.17) is 0 Å². The third-order valence-corrected chi connectivity index (χ3v) is 5.19. The molecule has 24 heavy (non-hydrogen) atoms. The third kappa shape index (κ3) is 3.25. The molecule has 0 saturated carbocycles. The first-order valence-electron chi connectivity index (χ1n) is 8.99. The summed E-state index contributed by atoms with van der Waals surface area (Å²) in [4.78, 5) is 31.4. The summed E-state index contributed by atoms with van der Waals surface area (Å²) in [5.41, 5.74) is 2.37. The summed E-state index contributed by atoms with van der Waals surface area (Å²) in [6.07, 6.45) is 3.28. The molecule has 1 aromatic rings. The molecule has 2 heterocycles. The fraction of sp³-hybridized carbons (Fsp3) is 0.579. The minimum absolute atomic E-state index is 0.0976. The molecule has 3 rings (SSSR count). The van der Waals surface area contributed by atoms with E-state index in [0.29, 0.717) is 26.1 Å². The Kier molecular flexibility index (Phi) is 5.07. The van der Waals surface area contributed by atoms with E-state index in [1.54, 1.807) is 0 Å². The zero-order valence-corrected chi connectivity index (χ0v) is 14.7. The molecule has 0 N–H and O–H groups in total. The molecule has 1 aromatic carbocycles. The van der Waals surface area contributed by atoms with Gasteiger partial charge in [0.15, 0.2) is 0 Å². The number of hydrogen-bond acceptors (Lipinski definition) is 3. The van der Waals surface area contributed by atoms with Crippen molar-refractivity contribution in [3.05, 3.63) is 29.8 Å². The quantitative estimate of drug-likeness (QED) is 0.836. The lowest BCUT2D eigenvalue weighted by Gasteiger charge is -2.37. The van der Waals surface area contributed by atoms with E-state index in [1.165, 1.54) is 11.3 Å². The smallest absolute Gasteiger partial charge is 0.245 e. The normalized spacial score (nSPS) is 21.2. The number of nitrogens with zero attached hydrogens (tertiary/aromatic N) is 3. The molecule has 1 saturated heterocycles. The van der Waals surface area contributed by atoms with Gasteiger partial charge < -0.3 is 14.7 Å². The Balaban J connectivity index is 1.80. The second-order valence-electron chi connectivity index (χ2n) is 6.76. The van der Waals surface area contributed by atoms with Crippen LogP contribution in [0.1, 0.15) is 38.2 Å². The molecule has 1 atom stereocenters. The second-order valence-corrected chi connectivity index (χ2v) is 6.76. The minimum atomic E-state index is -0.276. The number of likely N-dealkylation sites (tertiary alicyclic amines) is 1. The van der Waals surface area contributed by atoms with Gasteiger partial charge >= 0.3 is 0 Å². The molecule has 0 unspecified atom stereocenters. The van der Waals surface area contributed by atoms with E-state index in [1.807, 2.05) is 28.9 Å². The lowest BCUT2D eigenvalue weighted by atomic mass is 10.00. The highest BCUT2D eigenvalue weighted by Gasteiger charge is 2.35. The van der Waals surface area contributed by atoms with Gasteiger partial charge in [0.2, 0.25) is 11.8 Å². The Hall–Kier alpha value is -2.04. The van der Waals surface area contributed by atoms with E-state index in [9.17, 15) is 9.59 Å². The van der Waals surface area contributed by atoms with Crippen molar-refractivity contribution in [2.75, 3.05) is 31.6 Å². The number of anilines is 1. The van der Waals surface area contributed by atoms with Crippen molar-refractivity contribution < 1.29 is 9.59 Å². The number of amides is 2. The molecule has 5 heteroatoms. The molecule has 0 aromatic heterocycles. The summed E-state index contributed by atoms with van der Waals surface area (Å²) in [6, 6.07) is 7.98. The number of rotatable bonds is 2. The van der Waals surface area contributed by atoms with Gasteiger partial charge in [0, 0.05) is 45.3 Å². The molecule has 0 aliphatic carbocycles. The Labute approximate surface area is 144 Å². The maximum atomic E-state index is 13.2. The summed E-state index contributed by atoms with van der Waals surface area (Å²) in [6.45, 7) is 4.74. The van der Waals surface area contributed by atoms with Crippen LogP contribution in [-0.4, -0.2) is 54.3 Å². The largest absolute Gasteiger partial charge is 0.373 e. The van der Waals surface area contributed by atoms with Gasteiger partial charge in [-0.15, -0.1) is 0 Å². The average Bonchev–Trinajstić information content (AvgIpc) is 2.80. The number of carbonyl (C=O) groups excluding carboxylic acids is 2. The number of carbonyl (C=O) groups is 2. The van der Waals surface area contributed by atoms with Crippen LogP contribution in [-0.2, 0) is 16.1 Å². The van der Waals surface area contributed by atoms with Gasteiger partial charge in [-0.05, 0) is 30.9 Å². The Morgan fingerprint density at radius 2 is 1.92 bits per heavy atom. The zero-order valence-electron chi connectivity index (χ0n) is 14.7. The number of likely N-dealkylation sites (N-methyl/N-ethyl adjacent to an activating group) is 1. The van der Waals surface area contributed by atoms with Gasteiger partial charge in [0.25, 0.3) is 0 Å². The highest BCUT2D eigenvalue weighted by molar-refractivity contribution is 5.88.